The van der Waals surface area contributed by atoms with Gasteiger partial charge in [-0.05, 0) is 36.4 Å². The Morgan fingerprint density at radius 1 is 1.17 bits per heavy atom. The van der Waals surface area contributed by atoms with Gasteiger partial charge < -0.3 is 14.7 Å². The first kappa shape index (κ1) is 18.0. The standard InChI is InChI=1S/C19H14N6O4/c1-25(2)11-4-6-15-13(8-11)16(23-28-15)18(26)21-14-5-3-10(9-20)7-12(14)17-22-19(27)29-24-17/h3-8H,1-2H3,(H,21,26)(H,22,24,27). The lowest BCUT2D eigenvalue weighted by Crippen LogP contribution is -2.14. The Balaban J connectivity index is 1.74. The highest BCUT2D eigenvalue weighted by Gasteiger charge is 2.20. The largest absolute Gasteiger partial charge is 0.439 e. The summed E-state index contributed by atoms with van der Waals surface area (Å²) in [6.07, 6.45) is 0. The molecule has 0 bridgehead atoms. The number of H-pyrrole nitrogens is 1. The Labute approximate surface area is 163 Å². The Kier molecular flexibility index (Phi) is 4.33. The summed E-state index contributed by atoms with van der Waals surface area (Å²) >= 11 is 0. The quantitative estimate of drug-likeness (QED) is 0.541. The fourth-order valence-corrected chi connectivity index (χ4v) is 2.81. The van der Waals surface area contributed by atoms with Gasteiger partial charge in [0.05, 0.1) is 22.7 Å². The maximum atomic E-state index is 12.9. The molecule has 0 radical (unpaired) electrons. The minimum atomic E-state index is -0.752. The summed E-state index contributed by atoms with van der Waals surface area (Å²) in [5.41, 5.74) is 2.43. The van der Waals surface area contributed by atoms with Crippen LogP contribution in [0.5, 0.6) is 0 Å². The fraction of sp³-hybridized carbons (Fsp3) is 0.105. The number of rotatable bonds is 4. The molecule has 0 aliphatic heterocycles. The SMILES string of the molecule is CN(C)c1ccc2onc(C(=O)Nc3ccc(C#N)cc3-c3noc(=O)[nH]3)c2c1. The van der Waals surface area contributed by atoms with Gasteiger partial charge in [-0.15, -0.1) is 0 Å². The molecule has 0 saturated carbocycles. The number of nitriles is 1. The van der Waals surface area contributed by atoms with E-state index in [1.54, 1.807) is 12.1 Å². The molecule has 0 saturated heterocycles. The van der Waals surface area contributed by atoms with Crippen LogP contribution in [-0.4, -0.2) is 35.3 Å². The Morgan fingerprint density at radius 2 is 2.00 bits per heavy atom. The third-order valence-electron chi connectivity index (χ3n) is 4.28. The average Bonchev–Trinajstić information content (AvgIpc) is 3.33. The smallest absolute Gasteiger partial charge is 0.378 e. The number of hydrogen-bond acceptors (Lipinski definition) is 8. The van der Waals surface area contributed by atoms with Crippen LogP contribution in [0.2, 0.25) is 0 Å². The highest BCUT2D eigenvalue weighted by molar-refractivity contribution is 6.12. The second-order valence-corrected chi connectivity index (χ2v) is 6.38. The van der Waals surface area contributed by atoms with Crippen molar-refractivity contribution in [2.24, 2.45) is 0 Å². The van der Waals surface area contributed by atoms with Crippen LogP contribution in [-0.2, 0) is 0 Å². The van der Waals surface area contributed by atoms with Crippen molar-refractivity contribution in [2.75, 3.05) is 24.3 Å². The van der Waals surface area contributed by atoms with Gasteiger partial charge in [-0.3, -0.25) is 14.3 Å². The number of nitrogens with zero attached hydrogens (tertiary/aromatic N) is 4. The zero-order chi connectivity index (χ0) is 20.5. The third kappa shape index (κ3) is 3.32. The molecule has 2 heterocycles. The van der Waals surface area contributed by atoms with E-state index in [0.29, 0.717) is 27.8 Å². The van der Waals surface area contributed by atoms with Gasteiger partial charge in [-0.2, -0.15) is 5.26 Å². The number of aromatic nitrogens is 3. The maximum absolute atomic E-state index is 12.9. The van der Waals surface area contributed by atoms with Crippen molar-refractivity contribution < 1.29 is 13.8 Å². The minimum Gasteiger partial charge on any atom is -0.378 e. The first-order chi connectivity index (χ1) is 14.0. The van der Waals surface area contributed by atoms with Crippen LogP contribution in [0.15, 0.2) is 50.2 Å². The van der Waals surface area contributed by atoms with Crippen molar-refractivity contribution in [3.63, 3.8) is 0 Å². The number of hydrogen-bond donors (Lipinski definition) is 2. The molecular formula is C19H14N6O4. The van der Waals surface area contributed by atoms with E-state index in [9.17, 15) is 9.59 Å². The number of benzene rings is 2. The average molecular weight is 390 g/mol. The Hall–Kier alpha value is -4.39. The molecule has 29 heavy (non-hydrogen) atoms. The number of aromatic amines is 1. The topological polar surface area (TPSA) is 141 Å². The number of nitrogens with one attached hydrogen (secondary N) is 2. The minimum absolute atomic E-state index is 0.0855. The van der Waals surface area contributed by atoms with E-state index in [2.05, 4.69) is 25.1 Å². The van der Waals surface area contributed by atoms with Crippen LogP contribution in [0.3, 0.4) is 0 Å². The molecule has 2 aromatic heterocycles. The van der Waals surface area contributed by atoms with Crippen LogP contribution in [0.4, 0.5) is 11.4 Å². The van der Waals surface area contributed by atoms with Gasteiger partial charge in [0.1, 0.15) is 0 Å². The van der Waals surface area contributed by atoms with E-state index in [1.807, 2.05) is 31.1 Å². The second-order valence-electron chi connectivity index (χ2n) is 6.38. The zero-order valence-electron chi connectivity index (χ0n) is 15.4. The second kappa shape index (κ2) is 6.97. The molecule has 0 spiro atoms. The van der Waals surface area contributed by atoms with Gasteiger partial charge >= 0.3 is 5.76 Å². The highest BCUT2D eigenvalue weighted by Crippen LogP contribution is 2.28. The maximum Gasteiger partial charge on any atom is 0.439 e. The zero-order valence-corrected chi connectivity index (χ0v) is 15.4. The van der Waals surface area contributed by atoms with E-state index < -0.39 is 11.7 Å². The molecule has 0 aliphatic rings. The monoisotopic (exact) mass is 390 g/mol. The molecule has 2 aromatic carbocycles. The predicted molar refractivity (Wildman–Crippen MR) is 104 cm³/mol. The fourth-order valence-electron chi connectivity index (χ4n) is 2.81. The van der Waals surface area contributed by atoms with Crippen LogP contribution in [0.25, 0.3) is 22.4 Å². The van der Waals surface area contributed by atoms with Crippen molar-refractivity contribution in [1.82, 2.24) is 15.3 Å². The lowest BCUT2D eigenvalue weighted by molar-refractivity contribution is 0.102. The first-order valence-electron chi connectivity index (χ1n) is 8.45. The highest BCUT2D eigenvalue weighted by atomic mass is 16.5. The van der Waals surface area contributed by atoms with Gasteiger partial charge in [-0.25, -0.2) is 4.79 Å². The summed E-state index contributed by atoms with van der Waals surface area (Å²) < 4.78 is 9.78. The lowest BCUT2D eigenvalue weighted by atomic mass is 10.1. The van der Waals surface area contributed by atoms with E-state index >= 15 is 0 Å². The molecular weight excluding hydrogens is 376 g/mol. The molecule has 0 fully saturated rings. The van der Waals surface area contributed by atoms with Crippen molar-refractivity contribution in [2.45, 2.75) is 0 Å². The third-order valence-corrected chi connectivity index (χ3v) is 4.28. The van der Waals surface area contributed by atoms with Gasteiger partial charge in [0.25, 0.3) is 5.91 Å². The molecule has 144 valence electrons. The molecule has 4 rings (SSSR count). The van der Waals surface area contributed by atoms with Crippen LogP contribution in [0.1, 0.15) is 16.1 Å². The molecule has 4 aromatic rings. The number of carbonyl (C=O) groups excluding carboxylic acids is 1. The molecule has 0 unspecified atom stereocenters. The van der Waals surface area contributed by atoms with Crippen LogP contribution in [0, 0.1) is 11.3 Å². The molecule has 2 N–H and O–H groups in total. The molecule has 10 heteroatoms. The number of anilines is 2. The van der Waals surface area contributed by atoms with Gasteiger partial charge in [0, 0.05) is 25.3 Å². The molecule has 0 atom stereocenters. The summed E-state index contributed by atoms with van der Waals surface area (Å²) in [5, 5.41) is 19.9. The van der Waals surface area contributed by atoms with Crippen molar-refractivity contribution in [1.29, 1.82) is 5.26 Å². The van der Waals surface area contributed by atoms with E-state index in [4.69, 9.17) is 9.78 Å². The van der Waals surface area contributed by atoms with Crippen LogP contribution < -0.4 is 16.0 Å². The summed E-state index contributed by atoms with van der Waals surface area (Å²) in [7, 11) is 3.77. The molecule has 0 aliphatic carbocycles. The summed E-state index contributed by atoms with van der Waals surface area (Å²) in [4.78, 5) is 28.5. The number of carbonyl (C=O) groups is 1. The number of fused-ring (bicyclic) bond motifs is 1. The summed E-state index contributed by atoms with van der Waals surface area (Å²) in [6, 6.07) is 11.9. The number of amides is 1. The Bertz CT molecular complexity index is 1320. The predicted octanol–water partition coefficient (Wildman–Crippen LogP) is 2.36. The van der Waals surface area contributed by atoms with Crippen molar-refractivity contribution in [3.8, 4) is 17.5 Å². The normalized spacial score (nSPS) is 10.7. The van der Waals surface area contributed by atoms with E-state index in [1.165, 1.54) is 18.2 Å². The van der Waals surface area contributed by atoms with Crippen molar-refractivity contribution >= 4 is 28.3 Å². The van der Waals surface area contributed by atoms with E-state index in [0.717, 1.165) is 5.69 Å². The van der Waals surface area contributed by atoms with Gasteiger partial charge in [-0.1, -0.05) is 10.3 Å². The molecule has 1 amide bonds. The lowest BCUT2D eigenvalue weighted by Gasteiger charge is -2.12. The first-order valence-corrected chi connectivity index (χ1v) is 8.45. The summed E-state index contributed by atoms with van der Waals surface area (Å²) in [5.74, 6) is -1.18. The van der Waals surface area contributed by atoms with Gasteiger partial charge in [0.15, 0.2) is 17.1 Å². The van der Waals surface area contributed by atoms with Gasteiger partial charge in [0.2, 0.25) is 0 Å². The Morgan fingerprint density at radius 3 is 2.69 bits per heavy atom. The van der Waals surface area contributed by atoms with Crippen LogP contribution >= 0.6 is 0 Å². The van der Waals surface area contributed by atoms with E-state index in [-0.39, 0.29) is 11.5 Å². The van der Waals surface area contributed by atoms with Crippen molar-refractivity contribution in [3.05, 3.63) is 58.2 Å². The summed E-state index contributed by atoms with van der Waals surface area (Å²) in [6.45, 7) is 0. The molecule has 10 nitrogen and oxygen atoms in total.